The third-order valence-electron chi connectivity index (χ3n) is 1.30. The predicted octanol–water partition coefficient (Wildman–Crippen LogP) is 0.400. The van der Waals surface area contributed by atoms with E-state index in [2.05, 4.69) is 14.4 Å². The number of nitrogens with one attached hydrogen (secondary N) is 1. The Morgan fingerprint density at radius 2 is 2.00 bits per heavy atom. The summed E-state index contributed by atoms with van der Waals surface area (Å²) in [6.07, 6.45) is -0.350. The van der Waals surface area contributed by atoms with E-state index in [1.165, 1.54) is 14.2 Å². The van der Waals surface area contributed by atoms with Crippen molar-refractivity contribution < 1.29 is 18.7 Å². The number of hydrogen-bond donors (Lipinski definition) is 2. The average Bonchev–Trinajstić information content (AvgIpc) is 2.03. The average molecular weight is 197 g/mol. The van der Waals surface area contributed by atoms with E-state index in [4.69, 9.17) is 5.11 Å². The second-order valence-electron chi connectivity index (χ2n) is 2.44. The Hall–Kier alpha value is 0.0700. The third-order valence-corrected chi connectivity index (χ3v) is 3.03. The second-order valence-corrected chi connectivity index (χ2v) is 4.71. The maximum atomic E-state index is 11.3. The first-order valence-corrected chi connectivity index (χ1v) is 5.36. The van der Waals surface area contributed by atoms with Crippen LogP contribution in [0.15, 0.2) is 0 Å². The van der Waals surface area contributed by atoms with Crippen molar-refractivity contribution in [1.29, 1.82) is 0 Å². The Balaban J connectivity index is 3.67. The fourth-order valence-electron chi connectivity index (χ4n) is 0.614. The molecule has 12 heavy (non-hydrogen) atoms. The molecule has 0 fully saturated rings. The summed E-state index contributed by atoms with van der Waals surface area (Å²) in [7, 11) is -0.304. The van der Waals surface area contributed by atoms with Crippen LogP contribution in [0.5, 0.6) is 0 Å². The molecule has 1 unspecified atom stereocenters. The molecule has 0 aliphatic heterocycles. The van der Waals surface area contributed by atoms with Crippen molar-refractivity contribution in [2.75, 3.05) is 27.1 Å². The highest BCUT2D eigenvalue weighted by Crippen LogP contribution is 2.44. The largest absolute Gasteiger partial charge is 0.392 e. The van der Waals surface area contributed by atoms with E-state index < -0.39 is 13.7 Å². The molecule has 0 saturated heterocycles. The molecule has 2 N–H and O–H groups in total. The topological polar surface area (TPSA) is 67.8 Å². The lowest BCUT2D eigenvalue weighted by molar-refractivity contribution is 0.191. The van der Waals surface area contributed by atoms with Gasteiger partial charge in [0.2, 0.25) is 0 Å². The number of aliphatic hydroxyl groups is 1. The summed E-state index contributed by atoms with van der Waals surface area (Å²) >= 11 is 0. The molecule has 0 aromatic carbocycles. The second kappa shape index (κ2) is 5.67. The third kappa shape index (κ3) is 4.85. The molecule has 0 saturated carbocycles. The molecule has 0 aliphatic carbocycles. The van der Waals surface area contributed by atoms with Gasteiger partial charge in [0.25, 0.3) is 0 Å². The molecule has 0 aliphatic rings. The number of hydrogen-bond acceptors (Lipinski definition) is 5. The Kier molecular flexibility index (Phi) is 5.70. The first-order valence-electron chi connectivity index (χ1n) is 3.63. The van der Waals surface area contributed by atoms with Crippen LogP contribution in [-0.2, 0) is 13.6 Å². The zero-order valence-electron chi connectivity index (χ0n) is 7.61. The molecule has 5 nitrogen and oxygen atoms in total. The smallest absolute Gasteiger partial charge is 0.343 e. The first kappa shape index (κ1) is 12.1. The van der Waals surface area contributed by atoms with Crippen molar-refractivity contribution in [2.24, 2.45) is 0 Å². The van der Waals surface area contributed by atoms with Crippen LogP contribution in [0.25, 0.3) is 0 Å². The summed E-state index contributed by atoms with van der Waals surface area (Å²) < 4.78 is 20.7. The van der Waals surface area contributed by atoms with Gasteiger partial charge in [-0.05, 0) is 6.92 Å². The molecule has 6 heteroatoms. The minimum Gasteiger partial charge on any atom is -0.392 e. The van der Waals surface area contributed by atoms with Crippen LogP contribution in [0.1, 0.15) is 6.92 Å². The van der Waals surface area contributed by atoms with E-state index >= 15 is 0 Å². The van der Waals surface area contributed by atoms with Crippen molar-refractivity contribution in [3.63, 3.8) is 0 Å². The Labute approximate surface area is 72.6 Å². The highest BCUT2D eigenvalue weighted by atomic mass is 31.2. The fourth-order valence-corrected chi connectivity index (χ4v) is 1.42. The summed E-state index contributed by atoms with van der Waals surface area (Å²) in [5.41, 5.74) is 0. The van der Waals surface area contributed by atoms with Gasteiger partial charge < -0.3 is 19.5 Å². The summed E-state index contributed by atoms with van der Waals surface area (Å²) in [4.78, 5) is 0. The van der Waals surface area contributed by atoms with Gasteiger partial charge in [-0.2, -0.15) is 0 Å². The van der Waals surface area contributed by atoms with Crippen molar-refractivity contribution in [1.82, 2.24) is 5.32 Å². The molecule has 0 aromatic heterocycles. The Morgan fingerprint density at radius 1 is 1.50 bits per heavy atom. The maximum Gasteiger partial charge on any atom is 0.343 e. The molecule has 0 rings (SSSR count). The standard InChI is InChI=1S/C6H16NO4P/c1-6(8)4-7-5-12(9,10-2)11-3/h6-8H,4-5H2,1-3H3. The molecule has 0 heterocycles. The van der Waals surface area contributed by atoms with E-state index in [0.717, 1.165) is 0 Å². The highest BCUT2D eigenvalue weighted by Gasteiger charge is 2.19. The first-order chi connectivity index (χ1) is 5.54. The van der Waals surface area contributed by atoms with Crippen LogP contribution < -0.4 is 5.32 Å². The van der Waals surface area contributed by atoms with Crippen LogP contribution in [0.2, 0.25) is 0 Å². The summed E-state index contributed by atoms with van der Waals surface area (Å²) in [6.45, 7) is 2.01. The van der Waals surface area contributed by atoms with Gasteiger partial charge in [0.15, 0.2) is 0 Å². The number of aliphatic hydroxyl groups excluding tert-OH is 1. The van der Waals surface area contributed by atoms with Gasteiger partial charge in [0.1, 0.15) is 0 Å². The van der Waals surface area contributed by atoms with Gasteiger partial charge in [-0.25, -0.2) is 0 Å². The van der Waals surface area contributed by atoms with Gasteiger partial charge in [-0.15, -0.1) is 0 Å². The van der Waals surface area contributed by atoms with Gasteiger partial charge >= 0.3 is 7.60 Å². The van der Waals surface area contributed by atoms with Gasteiger partial charge in [-0.3, -0.25) is 4.57 Å². The van der Waals surface area contributed by atoms with Crippen LogP contribution >= 0.6 is 7.60 Å². The van der Waals surface area contributed by atoms with E-state index in [0.29, 0.717) is 6.54 Å². The van der Waals surface area contributed by atoms with Gasteiger partial charge in [-0.1, -0.05) is 0 Å². The minimum absolute atomic E-state index is 0.116. The van der Waals surface area contributed by atoms with E-state index in [-0.39, 0.29) is 6.29 Å². The minimum atomic E-state index is -2.96. The summed E-state index contributed by atoms with van der Waals surface area (Å²) in [6, 6.07) is 0. The van der Waals surface area contributed by atoms with Crippen LogP contribution in [0, 0.1) is 0 Å². The fraction of sp³-hybridized carbons (Fsp3) is 1.00. The Bertz CT molecular complexity index is 154. The van der Waals surface area contributed by atoms with Crippen LogP contribution in [0.3, 0.4) is 0 Å². The lowest BCUT2D eigenvalue weighted by Gasteiger charge is -2.14. The van der Waals surface area contributed by atoms with E-state index in [9.17, 15) is 4.57 Å². The zero-order chi connectivity index (χ0) is 9.61. The SMILES string of the molecule is COP(=O)(CNCC(C)O)OC. The lowest BCUT2D eigenvalue weighted by Crippen LogP contribution is -2.25. The van der Waals surface area contributed by atoms with E-state index in [1.807, 2.05) is 0 Å². The molecular formula is C6H16NO4P. The van der Waals surface area contributed by atoms with Crippen LogP contribution in [0.4, 0.5) is 0 Å². The molecule has 74 valence electrons. The maximum absolute atomic E-state index is 11.3. The molecule has 0 spiro atoms. The number of rotatable bonds is 6. The van der Waals surface area contributed by atoms with Gasteiger partial charge in [0.05, 0.1) is 12.4 Å². The quantitative estimate of drug-likeness (QED) is 0.603. The Morgan fingerprint density at radius 3 is 2.33 bits per heavy atom. The summed E-state index contributed by atoms with van der Waals surface area (Å²) in [5, 5.41) is 11.6. The highest BCUT2D eigenvalue weighted by molar-refractivity contribution is 7.53. The van der Waals surface area contributed by atoms with Gasteiger partial charge in [0, 0.05) is 20.8 Å². The molecule has 0 amide bonds. The van der Waals surface area contributed by atoms with Crippen molar-refractivity contribution in [3.05, 3.63) is 0 Å². The van der Waals surface area contributed by atoms with Crippen LogP contribution in [-0.4, -0.2) is 38.3 Å². The molecular weight excluding hydrogens is 181 g/mol. The molecule has 0 radical (unpaired) electrons. The molecule has 0 aromatic rings. The van der Waals surface area contributed by atoms with Crippen molar-refractivity contribution in [2.45, 2.75) is 13.0 Å². The van der Waals surface area contributed by atoms with E-state index in [1.54, 1.807) is 6.92 Å². The predicted molar refractivity (Wildman–Crippen MR) is 46.2 cm³/mol. The normalized spacial score (nSPS) is 14.7. The molecule has 1 atom stereocenters. The van der Waals surface area contributed by atoms with Crippen molar-refractivity contribution >= 4 is 7.60 Å². The summed E-state index contributed by atoms with van der Waals surface area (Å²) in [5.74, 6) is 0. The zero-order valence-corrected chi connectivity index (χ0v) is 8.51. The lowest BCUT2D eigenvalue weighted by atomic mass is 10.4. The van der Waals surface area contributed by atoms with Crippen molar-refractivity contribution in [3.8, 4) is 0 Å². The monoisotopic (exact) mass is 197 g/mol. The molecule has 0 bridgehead atoms.